The number of hydrogen-bond donors (Lipinski definition) is 1. The highest BCUT2D eigenvalue weighted by molar-refractivity contribution is 4.82. The van der Waals surface area contributed by atoms with E-state index < -0.39 is 18.3 Å². The molecular weight excluding hydrogens is 231 g/mol. The third-order valence-corrected chi connectivity index (χ3v) is 3.69. The van der Waals surface area contributed by atoms with Crippen LogP contribution in [0.4, 0.5) is 13.2 Å². The van der Waals surface area contributed by atoms with E-state index in [1.165, 1.54) is 6.92 Å². The lowest BCUT2D eigenvalue weighted by atomic mass is 9.80. The number of alkyl halides is 3. The molecule has 1 fully saturated rings. The summed E-state index contributed by atoms with van der Waals surface area (Å²) in [6, 6.07) is -1.02. The fourth-order valence-corrected chi connectivity index (χ4v) is 2.33. The Hall–Kier alpha value is -0.290. The topological polar surface area (TPSA) is 35.2 Å². The fourth-order valence-electron chi connectivity index (χ4n) is 2.33. The SMILES string of the molecule is CC(N)C(OC1CCC(C)C(C)C1)C(F)(F)F. The Labute approximate surface area is 101 Å². The van der Waals surface area contributed by atoms with Crippen molar-refractivity contribution in [1.29, 1.82) is 0 Å². The first-order valence-electron chi connectivity index (χ1n) is 6.19. The van der Waals surface area contributed by atoms with Crippen molar-refractivity contribution in [1.82, 2.24) is 0 Å². The zero-order chi connectivity index (χ0) is 13.2. The molecule has 0 aromatic rings. The Bertz CT molecular complexity index is 242. The first-order chi connectivity index (χ1) is 7.71. The van der Waals surface area contributed by atoms with E-state index in [0.717, 1.165) is 6.42 Å². The summed E-state index contributed by atoms with van der Waals surface area (Å²) in [5.74, 6) is 0.977. The van der Waals surface area contributed by atoms with Gasteiger partial charge in [-0.05, 0) is 38.0 Å². The summed E-state index contributed by atoms with van der Waals surface area (Å²) < 4.78 is 43.3. The number of halogens is 3. The maximum atomic E-state index is 12.7. The smallest absolute Gasteiger partial charge is 0.364 e. The van der Waals surface area contributed by atoms with Crippen molar-refractivity contribution in [3.8, 4) is 0 Å². The number of nitrogens with two attached hydrogens (primary N) is 1. The molecule has 1 aliphatic rings. The molecule has 5 heteroatoms. The van der Waals surface area contributed by atoms with Crippen molar-refractivity contribution in [2.24, 2.45) is 17.6 Å². The molecule has 0 aliphatic heterocycles. The van der Waals surface area contributed by atoms with Crippen LogP contribution < -0.4 is 5.73 Å². The molecule has 0 saturated heterocycles. The molecule has 5 atom stereocenters. The molecule has 1 rings (SSSR count). The summed E-state index contributed by atoms with van der Waals surface area (Å²) >= 11 is 0. The standard InChI is InChI=1S/C12H22F3NO/c1-7-4-5-10(6-8(7)2)17-11(9(3)16)12(13,14)15/h7-11H,4-6,16H2,1-3H3. The van der Waals surface area contributed by atoms with Gasteiger partial charge in [0, 0.05) is 6.04 Å². The van der Waals surface area contributed by atoms with E-state index in [1.54, 1.807) is 0 Å². The van der Waals surface area contributed by atoms with Crippen LogP contribution in [0, 0.1) is 11.8 Å². The van der Waals surface area contributed by atoms with Crippen LogP contribution in [0.25, 0.3) is 0 Å². The predicted octanol–water partition coefficient (Wildman–Crippen LogP) is 3.11. The van der Waals surface area contributed by atoms with Gasteiger partial charge in [-0.15, -0.1) is 0 Å². The first-order valence-corrected chi connectivity index (χ1v) is 6.19. The van der Waals surface area contributed by atoms with Crippen LogP contribution in [0.1, 0.15) is 40.0 Å². The van der Waals surface area contributed by atoms with Crippen LogP contribution in [0.3, 0.4) is 0 Å². The summed E-state index contributed by atoms with van der Waals surface area (Å²) in [5.41, 5.74) is 5.36. The van der Waals surface area contributed by atoms with Gasteiger partial charge in [0.15, 0.2) is 6.10 Å². The lowest BCUT2D eigenvalue weighted by molar-refractivity contribution is -0.242. The lowest BCUT2D eigenvalue weighted by Gasteiger charge is -2.35. The molecule has 102 valence electrons. The van der Waals surface area contributed by atoms with Crippen LogP contribution in [-0.2, 0) is 4.74 Å². The van der Waals surface area contributed by atoms with Gasteiger partial charge in [0.05, 0.1) is 6.10 Å². The summed E-state index contributed by atoms with van der Waals surface area (Å²) in [6.45, 7) is 5.54. The second-order valence-electron chi connectivity index (χ2n) is 5.35. The molecule has 2 nitrogen and oxygen atoms in total. The van der Waals surface area contributed by atoms with Crippen LogP contribution in [-0.4, -0.2) is 24.4 Å². The van der Waals surface area contributed by atoms with E-state index in [2.05, 4.69) is 13.8 Å². The molecule has 0 aromatic heterocycles. The molecule has 0 heterocycles. The Morgan fingerprint density at radius 2 is 1.76 bits per heavy atom. The summed E-state index contributed by atoms with van der Waals surface area (Å²) in [4.78, 5) is 0. The molecule has 0 spiro atoms. The van der Waals surface area contributed by atoms with Crippen LogP contribution in [0.5, 0.6) is 0 Å². The lowest BCUT2D eigenvalue weighted by Crippen LogP contribution is -2.48. The first kappa shape index (κ1) is 14.8. The highest BCUT2D eigenvalue weighted by Gasteiger charge is 2.45. The summed E-state index contributed by atoms with van der Waals surface area (Å²) in [6.07, 6.45) is -4.20. The Morgan fingerprint density at radius 3 is 2.18 bits per heavy atom. The molecule has 1 aliphatic carbocycles. The van der Waals surface area contributed by atoms with E-state index in [1.807, 2.05) is 0 Å². The summed E-state index contributed by atoms with van der Waals surface area (Å²) in [7, 11) is 0. The number of hydrogen-bond acceptors (Lipinski definition) is 2. The maximum Gasteiger partial charge on any atom is 0.416 e. The minimum atomic E-state index is -4.37. The van der Waals surface area contributed by atoms with Crippen LogP contribution in [0.2, 0.25) is 0 Å². The van der Waals surface area contributed by atoms with Crippen molar-refractivity contribution >= 4 is 0 Å². The highest BCUT2D eigenvalue weighted by Crippen LogP contribution is 2.34. The zero-order valence-electron chi connectivity index (χ0n) is 10.6. The van der Waals surface area contributed by atoms with Crippen molar-refractivity contribution in [2.45, 2.75) is 64.5 Å². The van der Waals surface area contributed by atoms with Gasteiger partial charge in [0.1, 0.15) is 0 Å². The van der Waals surface area contributed by atoms with Gasteiger partial charge in [0.25, 0.3) is 0 Å². The molecule has 5 unspecified atom stereocenters. The molecule has 17 heavy (non-hydrogen) atoms. The van der Waals surface area contributed by atoms with Crippen LogP contribution in [0.15, 0.2) is 0 Å². The molecule has 2 N–H and O–H groups in total. The number of rotatable bonds is 3. The van der Waals surface area contributed by atoms with Crippen molar-refractivity contribution in [3.63, 3.8) is 0 Å². The largest absolute Gasteiger partial charge is 0.416 e. The molecule has 0 amide bonds. The van der Waals surface area contributed by atoms with Gasteiger partial charge >= 0.3 is 6.18 Å². The predicted molar refractivity (Wildman–Crippen MR) is 60.5 cm³/mol. The minimum absolute atomic E-state index is 0.307. The van der Waals surface area contributed by atoms with Gasteiger partial charge in [-0.25, -0.2) is 0 Å². The van der Waals surface area contributed by atoms with Crippen molar-refractivity contribution in [3.05, 3.63) is 0 Å². The summed E-state index contributed by atoms with van der Waals surface area (Å²) in [5, 5.41) is 0. The van der Waals surface area contributed by atoms with Gasteiger partial charge in [-0.2, -0.15) is 13.2 Å². The minimum Gasteiger partial charge on any atom is -0.364 e. The zero-order valence-corrected chi connectivity index (χ0v) is 10.6. The normalized spacial score (nSPS) is 34.4. The van der Waals surface area contributed by atoms with E-state index in [-0.39, 0.29) is 6.10 Å². The van der Waals surface area contributed by atoms with E-state index >= 15 is 0 Å². The van der Waals surface area contributed by atoms with Crippen LogP contribution >= 0.6 is 0 Å². The average Bonchev–Trinajstić information content (AvgIpc) is 2.17. The Kier molecular flexibility index (Phi) is 4.84. The second-order valence-corrected chi connectivity index (χ2v) is 5.35. The fraction of sp³-hybridized carbons (Fsp3) is 1.00. The third kappa shape index (κ3) is 4.14. The molecule has 0 bridgehead atoms. The molecular formula is C12H22F3NO. The van der Waals surface area contributed by atoms with E-state index in [0.29, 0.717) is 24.7 Å². The van der Waals surface area contributed by atoms with Gasteiger partial charge in [0.2, 0.25) is 0 Å². The monoisotopic (exact) mass is 253 g/mol. The number of ether oxygens (including phenoxy) is 1. The third-order valence-electron chi connectivity index (χ3n) is 3.69. The van der Waals surface area contributed by atoms with E-state index in [4.69, 9.17) is 10.5 Å². The van der Waals surface area contributed by atoms with E-state index in [9.17, 15) is 13.2 Å². The van der Waals surface area contributed by atoms with Crippen molar-refractivity contribution in [2.75, 3.05) is 0 Å². The average molecular weight is 253 g/mol. The van der Waals surface area contributed by atoms with Gasteiger partial charge in [-0.1, -0.05) is 13.8 Å². The maximum absolute atomic E-state index is 12.7. The van der Waals surface area contributed by atoms with Gasteiger partial charge < -0.3 is 10.5 Å². The quantitative estimate of drug-likeness (QED) is 0.838. The molecule has 0 radical (unpaired) electrons. The Balaban J connectivity index is 2.57. The molecule has 1 saturated carbocycles. The molecule has 0 aromatic carbocycles. The van der Waals surface area contributed by atoms with Gasteiger partial charge in [-0.3, -0.25) is 0 Å². The second kappa shape index (κ2) is 5.57. The highest BCUT2D eigenvalue weighted by atomic mass is 19.4. The van der Waals surface area contributed by atoms with Crippen molar-refractivity contribution < 1.29 is 17.9 Å². The Morgan fingerprint density at radius 1 is 1.18 bits per heavy atom.